The number of nitro groups is 1. The first-order valence-corrected chi connectivity index (χ1v) is 7.78. The standard InChI is InChI=1S/C13H19N3O4S/c1-2-15(7-13(17)18)11-4-10(5-11)14-6-9-3-12(16(19)20)21-8-9/h3,8,10-11,14H,2,4-7H2,1H3,(H,17,18). The highest BCUT2D eigenvalue weighted by molar-refractivity contribution is 7.13. The molecule has 0 atom stereocenters. The molecule has 1 aromatic rings. The van der Waals surface area contributed by atoms with Gasteiger partial charge in [0.1, 0.15) is 0 Å². The summed E-state index contributed by atoms with van der Waals surface area (Å²) in [6, 6.07) is 2.27. The van der Waals surface area contributed by atoms with Gasteiger partial charge in [0.05, 0.1) is 11.5 Å². The third-order valence-corrected chi connectivity index (χ3v) is 4.72. The van der Waals surface area contributed by atoms with Crippen molar-refractivity contribution in [2.24, 2.45) is 0 Å². The molecule has 0 saturated heterocycles. The van der Waals surface area contributed by atoms with Crippen LogP contribution in [-0.2, 0) is 11.3 Å². The number of nitrogens with zero attached hydrogens (tertiary/aromatic N) is 2. The molecule has 2 N–H and O–H groups in total. The molecule has 8 heteroatoms. The highest BCUT2D eigenvalue weighted by Crippen LogP contribution is 2.27. The van der Waals surface area contributed by atoms with Gasteiger partial charge in [0, 0.05) is 30.1 Å². The van der Waals surface area contributed by atoms with E-state index in [1.807, 2.05) is 11.8 Å². The maximum atomic E-state index is 10.8. The lowest BCUT2D eigenvalue weighted by atomic mass is 9.85. The molecule has 7 nitrogen and oxygen atoms in total. The van der Waals surface area contributed by atoms with Crippen molar-refractivity contribution in [2.75, 3.05) is 13.1 Å². The Morgan fingerprint density at radius 3 is 2.86 bits per heavy atom. The molecular weight excluding hydrogens is 294 g/mol. The van der Waals surface area contributed by atoms with Gasteiger partial charge in [-0.15, -0.1) is 0 Å². The van der Waals surface area contributed by atoms with E-state index >= 15 is 0 Å². The number of carbonyl (C=O) groups is 1. The second-order valence-corrected chi connectivity index (χ2v) is 6.10. The molecule has 1 heterocycles. The predicted molar refractivity (Wildman–Crippen MR) is 79.5 cm³/mol. The van der Waals surface area contributed by atoms with Crippen LogP contribution in [0.1, 0.15) is 25.3 Å². The second kappa shape index (κ2) is 6.97. The van der Waals surface area contributed by atoms with Crippen LogP contribution in [0.2, 0.25) is 0 Å². The zero-order valence-corrected chi connectivity index (χ0v) is 12.6. The zero-order valence-electron chi connectivity index (χ0n) is 11.8. The van der Waals surface area contributed by atoms with Crippen molar-refractivity contribution in [3.05, 3.63) is 27.1 Å². The average Bonchev–Trinajstić information content (AvgIpc) is 2.83. The number of thiophene rings is 1. The number of hydrogen-bond acceptors (Lipinski definition) is 6. The Labute approximate surface area is 126 Å². The fraction of sp³-hybridized carbons (Fsp3) is 0.615. The first-order valence-electron chi connectivity index (χ1n) is 6.90. The monoisotopic (exact) mass is 313 g/mol. The van der Waals surface area contributed by atoms with E-state index in [9.17, 15) is 14.9 Å². The minimum atomic E-state index is -0.793. The van der Waals surface area contributed by atoms with E-state index in [4.69, 9.17) is 5.11 Å². The molecule has 0 radical (unpaired) electrons. The molecule has 0 aromatic carbocycles. The summed E-state index contributed by atoms with van der Waals surface area (Å²) in [5, 5.41) is 24.8. The Morgan fingerprint density at radius 1 is 1.62 bits per heavy atom. The van der Waals surface area contributed by atoms with Gasteiger partial charge in [-0.1, -0.05) is 18.3 Å². The highest BCUT2D eigenvalue weighted by atomic mass is 32.1. The molecule has 0 spiro atoms. The van der Waals surface area contributed by atoms with Gasteiger partial charge in [-0.05, 0) is 24.9 Å². The van der Waals surface area contributed by atoms with Crippen molar-refractivity contribution in [3.8, 4) is 0 Å². The smallest absolute Gasteiger partial charge is 0.324 e. The van der Waals surface area contributed by atoms with E-state index in [-0.39, 0.29) is 16.5 Å². The molecule has 116 valence electrons. The molecule has 0 unspecified atom stereocenters. The van der Waals surface area contributed by atoms with Crippen LogP contribution in [0.15, 0.2) is 11.4 Å². The summed E-state index contributed by atoms with van der Waals surface area (Å²) in [5.41, 5.74) is 0.924. The van der Waals surface area contributed by atoms with Gasteiger partial charge in [-0.3, -0.25) is 19.8 Å². The van der Waals surface area contributed by atoms with Crippen LogP contribution in [0, 0.1) is 10.1 Å². The van der Waals surface area contributed by atoms with Crippen LogP contribution in [0.5, 0.6) is 0 Å². The van der Waals surface area contributed by atoms with Crippen LogP contribution in [-0.4, -0.2) is 46.1 Å². The van der Waals surface area contributed by atoms with Crippen molar-refractivity contribution >= 4 is 22.3 Å². The van der Waals surface area contributed by atoms with Crippen molar-refractivity contribution < 1.29 is 14.8 Å². The quantitative estimate of drug-likeness (QED) is 0.560. The maximum absolute atomic E-state index is 10.8. The van der Waals surface area contributed by atoms with E-state index in [1.165, 1.54) is 0 Å². The molecule has 1 saturated carbocycles. The fourth-order valence-electron chi connectivity index (χ4n) is 2.54. The SMILES string of the molecule is CCN(CC(=O)O)C1CC(NCc2csc([N+](=O)[O-])c2)C1. The van der Waals surface area contributed by atoms with Gasteiger partial charge >= 0.3 is 11.0 Å². The lowest BCUT2D eigenvalue weighted by Gasteiger charge is -2.42. The van der Waals surface area contributed by atoms with Crippen molar-refractivity contribution in [1.29, 1.82) is 0 Å². The third kappa shape index (κ3) is 4.23. The van der Waals surface area contributed by atoms with Crippen molar-refractivity contribution in [2.45, 2.75) is 38.4 Å². The predicted octanol–water partition coefficient (Wildman–Crippen LogP) is 1.68. The molecule has 1 fully saturated rings. The Morgan fingerprint density at radius 2 is 2.33 bits per heavy atom. The van der Waals surface area contributed by atoms with Crippen LogP contribution < -0.4 is 5.32 Å². The van der Waals surface area contributed by atoms with E-state index in [1.54, 1.807) is 11.4 Å². The Hall–Kier alpha value is -1.51. The van der Waals surface area contributed by atoms with Gasteiger partial charge in [-0.25, -0.2) is 0 Å². The van der Waals surface area contributed by atoms with Crippen LogP contribution >= 0.6 is 11.3 Å². The lowest BCUT2D eigenvalue weighted by Crippen LogP contribution is -2.53. The normalized spacial score (nSPS) is 21.2. The van der Waals surface area contributed by atoms with E-state index in [2.05, 4.69) is 5.32 Å². The van der Waals surface area contributed by atoms with Crippen LogP contribution in [0.25, 0.3) is 0 Å². The summed E-state index contributed by atoms with van der Waals surface area (Å²) in [6.45, 7) is 3.41. The van der Waals surface area contributed by atoms with Crippen molar-refractivity contribution in [3.63, 3.8) is 0 Å². The Bertz CT molecular complexity index is 513. The topological polar surface area (TPSA) is 95.7 Å². The summed E-state index contributed by atoms with van der Waals surface area (Å²) in [6.07, 6.45) is 1.85. The van der Waals surface area contributed by atoms with Crippen LogP contribution in [0.3, 0.4) is 0 Å². The molecule has 1 aromatic heterocycles. The van der Waals surface area contributed by atoms with Gasteiger partial charge < -0.3 is 10.4 Å². The first kappa shape index (κ1) is 15.9. The Balaban J connectivity index is 1.72. The summed E-state index contributed by atoms with van der Waals surface area (Å²) in [4.78, 5) is 22.9. The minimum Gasteiger partial charge on any atom is -0.480 e. The van der Waals surface area contributed by atoms with Gasteiger partial charge in [0.2, 0.25) is 0 Å². The van der Waals surface area contributed by atoms with E-state index in [0.717, 1.165) is 36.3 Å². The second-order valence-electron chi connectivity index (χ2n) is 5.21. The summed E-state index contributed by atoms with van der Waals surface area (Å²) < 4.78 is 0. The molecule has 21 heavy (non-hydrogen) atoms. The van der Waals surface area contributed by atoms with Gasteiger partial charge in [0.25, 0.3) is 0 Å². The highest BCUT2D eigenvalue weighted by Gasteiger charge is 2.33. The molecule has 0 aliphatic heterocycles. The van der Waals surface area contributed by atoms with Crippen molar-refractivity contribution in [1.82, 2.24) is 10.2 Å². The van der Waals surface area contributed by atoms with E-state index in [0.29, 0.717) is 18.6 Å². The summed E-state index contributed by atoms with van der Waals surface area (Å²) >= 11 is 1.14. The molecule has 0 bridgehead atoms. The number of nitrogens with one attached hydrogen (secondary N) is 1. The maximum Gasteiger partial charge on any atom is 0.324 e. The van der Waals surface area contributed by atoms with Gasteiger partial charge in [0.15, 0.2) is 0 Å². The number of carboxylic acid groups (broad SMARTS) is 1. The first-order chi connectivity index (χ1) is 9.99. The zero-order chi connectivity index (χ0) is 15.4. The number of carboxylic acids is 1. The number of hydrogen-bond donors (Lipinski definition) is 2. The molecule has 2 rings (SSSR count). The molecule has 1 aliphatic carbocycles. The minimum absolute atomic E-state index is 0.0879. The summed E-state index contributed by atoms with van der Waals surface area (Å²) in [7, 11) is 0. The number of aliphatic carboxylic acids is 1. The number of rotatable bonds is 8. The summed E-state index contributed by atoms with van der Waals surface area (Å²) in [5.74, 6) is -0.793. The van der Waals surface area contributed by atoms with Crippen LogP contribution in [0.4, 0.5) is 5.00 Å². The molecule has 1 aliphatic rings. The molecular formula is C13H19N3O4S. The number of likely N-dealkylation sites (N-methyl/N-ethyl adjacent to an activating group) is 1. The largest absolute Gasteiger partial charge is 0.480 e. The fourth-order valence-corrected chi connectivity index (χ4v) is 3.27. The third-order valence-electron chi connectivity index (χ3n) is 3.79. The lowest BCUT2D eigenvalue weighted by molar-refractivity contribution is -0.380. The van der Waals surface area contributed by atoms with Gasteiger partial charge in [-0.2, -0.15) is 0 Å². The van der Waals surface area contributed by atoms with E-state index < -0.39 is 5.97 Å². The molecule has 0 amide bonds. The Kier molecular flexibility index (Phi) is 5.27. The average molecular weight is 313 g/mol.